The Morgan fingerprint density at radius 1 is 1.23 bits per heavy atom. The Morgan fingerprint density at radius 2 is 2.04 bits per heavy atom. The van der Waals surface area contributed by atoms with E-state index in [0.29, 0.717) is 26.1 Å². The van der Waals surface area contributed by atoms with Gasteiger partial charge in [-0.05, 0) is 38.3 Å². The van der Waals surface area contributed by atoms with Crippen molar-refractivity contribution in [2.75, 3.05) is 26.7 Å². The topological polar surface area (TPSA) is 58.4 Å². The summed E-state index contributed by atoms with van der Waals surface area (Å²) < 4.78 is 2.11. The second kappa shape index (κ2) is 6.41. The predicted molar refractivity (Wildman–Crippen MR) is 99.6 cm³/mol. The molecule has 1 unspecified atom stereocenters. The third kappa shape index (κ3) is 2.77. The molecule has 138 valence electrons. The van der Waals surface area contributed by atoms with Gasteiger partial charge in [0.15, 0.2) is 0 Å². The van der Waals surface area contributed by atoms with Crippen molar-refractivity contribution in [1.29, 1.82) is 0 Å². The fraction of sp³-hybridized carbons (Fsp3) is 0.550. The summed E-state index contributed by atoms with van der Waals surface area (Å²) in [5.74, 6) is 1.29. The van der Waals surface area contributed by atoms with Crippen LogP contribution in [0.2, 0.25) is 0 Å². The molecule has 4 rings (SSSR count). The first kappa shape index (κ1) is 17.1. The molecular formula is C20H26N4O2. The highest BCUT2D eigenvalue weighted by molar-refractivity contribution is 5.86. The number of amides is 2. The average molecular weight is 354 g/mol. The highest BCUT2D eigenvalue weighted by Gasteiger charge is 2.48. The van der Waals surface area contributed by atoms with E-state index in [1.54, 1.807) is 0 Å². The first-order valence-corrected chi connectivity index (χ1v) is 9.45. The fourth-order valence-corrected chi connectivity index (χ4v) is 4.58. The molecule has 1 atom stereocenters. The summed E-state index contributed by atoms with van der Waals surface area (Å²) in [6, 6.07) is 8.01. The van der Waals surface area contributed by atoms with Crippen LogP contribution in [0, 0.1) is 12.3 Å². The van der Waals surface area contributed by atoms with Gasteiger partial charge >= 0.3 is 0 Å². The van der Waals surface area contributed by atoms with Gasteiger partial charge in [-0.15, -0.1) is 0 Å². The summed E-state index contributed by atoms with van der Waals surface area (Å²) in [6.45, 7) is 4.72. The first-order chi connectivity index (χ1) is 12.5. The van der Waals surface area contributed by atoms with E-state index in [2.05, 4.69) is 9.55 Å². The van der Waals surface area contributed by atoms with Crippen molar-refractivity contribution in [2.24, 2.45) is 5.41 Å². The molecule has 0 aliphatic carbocycles. The number of nitrogens with zero attached hydrogens (tertiary/aromatic N) is 4. The quantitative estimate of drug-likeness (QED) is 0.849. The molecular weight excluding hydrogens is 328 g/mol. The number of aryl methyl sites for hydroxylation is 2. The maximum Gasteiger partial charge on any atom is 0.230 e. The SMILES string of the molecule is Cc1nc2ccccc2n1CCC(=O)N1CCC2(CCCN(C)C2=O)C1. The van der Waals surface area contributed by atoms with Crippen LogP contribution >= 0.6 is 0 Å². The number of aromatic nitrogens is 2. The summed E-state index contributed by atoms with van der Waals surface area (Å²) in [7, 11) is 1.88. The number of para-hydroxylation sites is 2. The molecule has 6 nitrogen and oxygen atoms in total. The zero-order valence-corrected chi connectivity index (χ0v) is 15.6. The number of benzene rings is 1. The molecule has 26 heavy (non-hydrogen) atoms. The van der Waals surface area contributed by atoms with Gasteiger partial charge in [-0.2, -0.15) is 0 Å². The third-order valence-electron chi connectivity index (χ3n) is 6.05. The molecule has 1 aromatic carbocycles. The van der Waals surface area contributed by atoms with Crippen LogP contribution in [0.1, 0.15) is 31.5 Å². The largest absolute Gasteiger partial charge is 0.345 e. The van der Waals surface area contributed by atoms with Gasteiger partial charge in [0.05, 0.1) is 16.4 Å². The second-order valence-electron chi connectivity index (χ2n) is 7.73. The lowest BCUT2D eigenvalue weighted by Gasteiger charge is -2.37. The standard InChI is InChI=1S/C20H26N4O2/c1-15-21-16-6-3-4-7-17(16)24(15)12-8-18(25)23-13-10-20(14-23)9-5-11-22(2)19(20)26/h3-4,6-7H,5,8-14H2,1-2H3. The molecule has 2 aliphatic heterocycles. The monoisotopic (exact) mass is 354 g/mol. The average Bonchev–Trinajstić information content (AvgIpc) is 3.19. The van der Waals surface area contributed by atoms with Crippen LogP contribution in [0.5, 0.6) is 0 Å². The van der Waals surface area contributed by atoms with Crippen LogP contribution in [0.4, 0.5) is 0 Å². The molecule has 2 amide bonds. The van der Waals surface area contributed by atoms with Crippen molar-refractivity contribution >= 4 is 22.8 Å². The van der Waals surface area contributed by atoms with Crippen molar-refractivity contribution in [2.45, 2.75) is 39.2 Å². The second-order valence-corrected chi connectivity index (χ2v) is 7.73. The molecule has 6 heteroatoms. The normalized spacial score (nSPS) is 23.4. The first-order valence-electron chi connectivity index (χ1n) is 9.45. The van der Waals surface area contributed by atoms with Crippen molar-refractivity contribution in [3.8, 4) is 0 Å². The number of hydrogen-bond donors (Lipinski definition) is 0. The smallest absolute Gasteiger partial charge is 0.230 e. The van der Waals surface area contributed by atoms with E-state index >= 15 is 0 Å². The zero-order valence-electron chi connectivity index (χ0n) is 15.6. The lowest BCUT2D eigenvalue weighted by molar-refractivity contribution is -0.144. The van der Waals surface area contributed by atoms with Crippen LogP contribution < -0.4 is 0 Å². The van der Waals surface area contributed by atoms with Crippen molar-refractivity contribution in [3.63, 3.8) is 0 Å². The molecule has 2 aromatic rings. The van der Waals surface area contributed by atoms with Crippen LogP contribution in [0.3, 0.4) is 0 Å². The lowest BCUT2D eigenvalue weighted by Crippen LogP contribution is -2.48. The molecule has 0 radical (unpaired) electrons. The molecule has 0 bridgehead atoms. The van der Waals surface area contributed by atoms with Crippen LogP contribution in [-0.2, 0) is 16.1 Å². The molecule has 1 aromatic heterocycles. The van der Waals surface area contributed by atoms with Gasteiger partial charge in [-0.3, -0.25) is 9.59 Å². The zero-order chi connectivity index (χ0) is 18.3. The Labute approximate surface area is 153 Å². The van der Waals surface area contributed by atoms with E-state index in [4.69, 9.17) is 0 Å². The van der Waals surface area contributed by atoms with Gasteiger partial charge in [0, 0.05) is 39.6 Å². The van der Waals surface area contributed by atoms with Gasteiger partial charge < -0.3 is 14.4 Å². The molecule has 1 spiro atoms. The Hall–Kier alpha value is -2.37. The minimum absolute atomic E-state index is 0.139. The summed E-state index contributed by atoms with van der Waals surface area (Å²) >= 11 is 0. The fourth-order valence-electron chi connectivity index (χ4n) is 4.58. The number of imidazole rings is 1. The van der Waals surface area contributed by atoms with E-state index in [0.717, 1.165) is 42.7 Å². The predicted octanol–water partition coefficient (Wildman–Crippen LogP) is 2.21. The lowest BCUT2D eigenvalue weighted by atomic mass is 9.78. The minimum Gasteiger partial charge on any atom is -0.345 e. The number of rotatable bonds is 3. The minimum atomic E-state index is -0.333. The molecule has 0 saturated carbocycles. The highest BCUT2D eigenvalue weighted by Crippen LogP contribution is 2.39. The van der Waals surface area contributed by atoms with Crippen LogP contribution in [0.15, 0.2) is 24.3 Å². The Balaban J connectivity index is 1.43. The number of hydrogen-bond acceptors (Lipinski definition) is 3. The van der Waals surface area contributed by atoms with E-state index < -0.39 is 0 Å². The van der Waals surface area contributed by atoms with Gasteiger partial charge in [-0.25, -0.2) is 4.98 Å². The van der Waals surface area contributed by atoms with Gasteiger partial charge in [0.1, 0.15) is 5.82 Å². The molecule has 0 N–H and O–H groups in total. The molecule has 3 heterocycles. The summed E-state index contributed by atoms with van der Waals surface area (Å²) in [6.07, 6.45) is 3.19. The van der Waals surface area contributed by atoms with Crippen molar-refractivity contribution < 1.29 is 9.59 Å². The maximum absolute atomic E-state index is 12.8. The van der Waals surface area contributed by atoms with Gasteiger partial charge in [0.25, 0.3) is 0 Å². The van der Waals surface area contributed by atoms with E-state index in [1.165, 1.54) is 0 Å². The third-order valence-corrected chi connectivity index (χ3v) is 6.05. The Kier molecular flexibility index (Phi) is 4.21. The van der Waals surface area contributed by atoms with Crippen molar-refractivity contribution in [1.82, 2.24) is 19.4 Å². The molecule has 2 fully saturated rings. The highest BCUT2D eigenvalue weighted by atomic mass is 16.2. The van der Waals surface area contributed by atoms with E-state index in [9.17, 15) is 9.59 Å². The summed E-state index contributed by atoms with van der Waals surface area (Å²) in [5, 5.41) is 0. The van der Waals surface area contributed by atoms with Crippen LogP contribution in [-0.4, -0.2) is 57.8 Å². The van der Waals surface area contributed by atoms with E-state index in [-0.39, 0.29) is 17.2 Å². The number of carbonyl (C=O) groups is 2. The number of piperidine rings is 1. The Bertz CT molecular complexity index is 859. The van der Waals surface area contributed by atoms with Gasteiger partial charge in [0.2, 0.25) is 11.8 Å². The Morgan fingerprint density at radius 3 is 2.88 bits per heavy atom. The van der Waals surface area contributed by atoms with E-state index in [1.807, 2.05) is 48.0 Å². The number of carbonyl (C=O) groups excluding carboxylic acids is 2. The van der Waals surface area contributed by atoms with Crippen LogP contribution in [0.25, 0.3) is 11.0 Å². The van der Waals surface area contributed by atoms with Crippen molar-refractivity contribution in [3.05, 3.63) is 30.1 Å². The van der Waals surface area contributed by atoms with Gasteiger partial charge in [-0.1, -0.05) is 12.1 Å². The summed E-state index contributed by atoms with van der Waals surface area (Å²) in [4.78, 5) is 33.7. The molecule has 2 saturated heterocycles. The number of likely N-dealkylation sites (tertiary alicyclic amines) is 2. The maximum atomic E-state index is 12.8. The molecule has 2 aliphatic rings. The summed E-state index contributed by atoms with van der Waals surface area (Å²) in [5.41, 5.74) is 1.70. The number of fused-ring (bicyclic) bond motifs is 1.